The number of hydrogen-bond donors (Lipinski definition) is 2. The van der Waals surface area contributed by atoms with E-state index in [2.05, 4.69) is 15.6 Å². The number of nitrogens with one attached hydrogen (secondary N) is 2. The van der Waals surface area contributed by atoms with E-state index in [1.54, 1.807) is 37.4 Å². The third-order valence-corrected chi connectivity index (χ3v) is 2.68. The number of carbonyl (C=O) groups excluding carboxylic acids is 2. The van der Waals surface area contributed by atoms with Crippen molar-refractivity contribution in [3.63, 3.8) is 0 Å². The van der Waals surface area contributed by atoms with E-state index in [0.717, 1.165) is 0 Å². The second-order valence-corrected chi connectivity index (χ2v) is 4.23. The summed E-state index contributed by atoms with van der Waals surface area (Å²) >= 11 is 0. The Kier molecular flexibility index (Phi) is 4.49. The number of rotatable bonds is 5. The van der Waals surface area contributed by atoms with Crippen molar-refractivity contribution in [3.05, 3.63) is 54.2 Å². The molecule has 6 nitrogen and oxygen atoms in total. The molecule has 1 atom stereocenters. The summed E-state index contributed by atoms with van der Waals surface area (Å²) in [5.74, 6) is 0.0431. The fourth-order valence-corrected chi connectivity index (χ4v) is 1.58. The van der Waals surface area contributed by atoms with Crippen molar-refractivity contribution < 1.29 is 14.0 Å². The van der Waals surface area contributed by atoms with Gasteiger partial charge in [-0.1, -0.05) is 0 Å². The molecule has 0 unspecified atom stereocenters. The summed E-state index contributed by atoms with van der Waals surface area (Å²) in [5, 5.41) is 5.28. The molecule has 0 fully saturated rings. The van der Waals surface area contributed by atoms with Gasteiger partial charge in [0.05, 0.1) is 18.4 Å². The Balaban J connectivity index is 1.83. The topological polar surface area (TPSA) is 84.2 Å². The van der Waals surface area contributed by atoms with Gasteiger partial charge in [-0.15, -0.1) is 0 Å². The van der Waals surface area contributed by atoms with E-state index in [9.17, 15) is 9.59 Å². The number of carbonyl (C=O) groups is 2. The molecule has 0 bridgehead atoms. The molecule has 2 aromatic heterocycles. The Bertz CT molecular complexity index is 567. The highest BCUT2D eigenvalue weighted by Crippen LogP contribution is 2.00. The Labute approximate surface area is 116 Å². The van der Waals surface area contributed by atoms with Crippen molar-refractivity contribution in [2.75, 3.05) is 0 Å². The van der Waals surface area contributed by atoms with Gasteiger partial charge in [0.25, 0.3) is 5.91 Å². The van der Waals surface area contributed by atoms with Gasteiger partial charge in [-0.05, 0) is 31.2 Å². The van der Waals surface area contributed by atoms with Crippen molar-refractivity contribution in [1.82, 2.24) is 15.6 Å². The molecule has 0 aliphatic carbocycles. The Hall–Kier alpha value is -2.63. The van der Waals surface area contributed by atoms with Crippen LogP contribution in [0.3, 0.4) is 0 Å². The van der Waals surface area contributed by atoms with Crippen LogP contribution in [0.1, 0.15) is 23.0 Å². The molecule has 0 saturated heterocycles. The maximum atomic E-state index is 11.8. The molecule has 2 amide bonds. The number of pyridine rings is 1. The van der Waals surface area contributed by atoms with Crippen LogP contribution in [0, 0.1) is 0 Å². The summed E-state index contributed by atoms with van der Waals surface area (Å²) in [5.41, 5.74) is 0.415. The minimum absolute atomic E-state index is 0.279. The van der Waals surface area contributed by atoms with Gasteiger partial charge in [0, 0.05) is 12.4 Å². The predicted molar refractivity (Wildman–Crippen MR) is 71.7 cm³/mol. The summed E-state index contributed by atoms with van der Waals surface area (Å²) in [6, 6.07) is 6.17. The fraction of sp³-hybridized carbons (Fsp3) is 0.214. The molecule has 2 heterocycles. The number of aromatic nitrogens is 1. The van der Waals surface area contributed by atoms with E-state index in [0.29, 0.717) is 17.9 Å². The van der Waals surface area contributed by atoms with Crippen LogP contribution < -0.4 is 10.6 Å². The molecule has 0 spiro atoms. The van der Waals surface area contributed by atoms with Crippen LogP contribution >= 0.6 is 0 Å². The lowest BCUT2D eigenvalue weighted by Crippen LogP contribution is -2.44. The first-order valence-corrected chi connectivity index (χ1v) is 6.18. The van der Waals surface area contributed by atoms with Gasteiger partial charge in [0.15, 0.2) is 0 Å². The lowest BCUT2D eigenvalue weighted by molar-refractivity contribution is -0.122. The van der Waals surface area contributed by atoms with Crippen molar-refractivity contribution >= 4 is 11.8 Å². The maximum absolute atomic E-state index is 11.8. The molecule has 6 heteroatoms. The van der Waals surface area contributed by atoms with Crippen molar-refractivity contribution in [1.29, 1.82) is 0 Å². The van der Waals surface area contributed by atoms with Gasteiger partial charge >= 0.3 is 0 Å². The third kappa shape index (κ3) is 3.68. The molecule has 104 valence electrons. The van der Waals surface area contributed by atoms with Gasteiger partial charge in [-0.2, -0.15) is 0 Å². The minimum atomic E-state index is -0.641. The van der Waals surface area contributed by atoms with Gasteiger partial charge in [-0.25, -0.2) is 0 Å². The lowest BCUT2D eigenvalue weighted by atomic mass is 10.2. The van der Waals surface area contributed by atoms with E-state index in [4.69, 9.17) is 4.42 Å². The second-order valence-electron chi connectivity index (χ2n) is 4.23. The number of furan rings is 1. The third-order valence-electron chi connectivity index (χ3n) is 2.68. The summed E-state index contributed by atoms with van der Waals surface area (Å²) in [6.45, 7) is 1.91. The van der Waals surface area contributed by atoms with E-state index in [-0.39, 0.29) is 11.8 Å². The zero-order valence-corrected chi connectivity index (χ0v) is 11.0. The maximum Gasteiger partial charge on any atom is 0.253 e. The SMILES string of the molecule is C[C@H](NC(=O)c1cccnc1)C(=O)NCc1ccco1. The average Bonchev–Trinajstić information content (AvgIpc) is 2.98. The monoisotopic (exact) mass is 273 g/mol. The first-order valence-electron chi connectivity index (χ1n) is 6.18. The molecular weight excluding hydrogens is 258 g/mol. The van der Waals surface area contributed by atoms with E-state index >= 15 is 0 Å². The summed E-state index contributed by atoms with van der Waals surface area (Å²) in [4.78, 5) is 27.5. The van der Waals surface area contributed by atoms with Crippen LogP contribution in [0.2, 0.25) is 0 Å². The first kappa shape index (κ1) is 13.8. The summed E-state index contributed by atoms with van der Waals surface area (Å²) < 4.78 is 5.10. The van der Waals surface area contributed by atoms with E-state index < -0.39 is 6.04 Å². The molecule has 0 radical (unpaired) electrons. The van der Waals surface area contributed by atoms with Gasteiger partial charge in [0.2, 0.25) is 5.91 Å². The number of amides is 2. The standard InChI is InChI=1S/C14H15N3O3/c1-10(13(18)16-9-12-5-3-7-20-12)17-14(19)11-4-2-6-15-8-11/h2-8,10H,9H2,1H3,(H,16,18)(H,17,19)/t10-/m0/s1. The molecule has 0 aliphatic rings. The number of hydrogen-bond acceptors (Lipinski definition) is 4. The molecule has 0 saturated carbocycles. The Morgan fingerprint density at radius 1 is 1.35 bits per heavy atom. The van der Waals surface area contributed by atoms with Crippen LogP contribution in [0.25, 0.3) is 0 Å². The lowest BCUT2D eigenvalue weighted by Gasteiger charge is -2.13. The van der Waals surface area contributed by atoms with E-state index in [1.165, 1.54) is 12.5 Å². The molecule has 2 N–H and O–H groups in total. The summed E-state index contributed by atoms with van der Waals surface area (Å²) in [7, 11) is 0. The van der Waals surface area contributed by atoms with Gasteiger partial charge in [0.1, 0.15) is 11.8 Å². The zero-order chi connectivity index (χ0) is 14.4. The van der Waals surface area contributed by atoms with Crippen LogP contribution in [-0.4, -0.2) is 22.8 Å². The normalized spacial score (nSPS) is 11.7. The zero-order valence-electron chi connectivity index (χ0n) is 11.0. The molecule has 20 heavy (non-hydrogen) atoms. The number of nitrogens with zero attached hydrogens (tertiary/aromatic N) is 1. The van der Waals surface area contributed by atoms with Crippen molar-refractivity contribution in [2.24, 2.45) is 0 Å². The molecule has 2 rings (SSSR count). The van der Waals surface area contributed by atoms with Crippen molar-refractivity contribution in [2.45, 2.75) is 19.5 Å². The van der Waals surface area contributed by atoms with Crippen LogP contribution in [0.4, 0.5) is 0 Å². The highest BCUT2D eigenvalue weighted by atomic mass is 16.3. The van der Waals surface area contributed by atoms with Crippen LogP contribution in [-0.2, 0) is 11.3 Å². The quantitative estimate of drug-likeness (QED) is 0.854. The second kappa shape index (κ2) is 6.51. The minimum Gasteiger partial charge on any atom is -0.467 e. The Morgan fingerprint density at radius 2 is 2.20 bits per heavy atom. The predicted octanol–water partition coefficient (Wildman–Crippen LogP) is 1.11. The van der Waals surface area contributed by atoms with E-state index in [1.807, 2.05) is 0 Å². The van der Waals surface area contributed by atoms with Crippen LogP contribution in [0.5, 0.6) is 0 Å². The molecule has 0 aromatic carbocycles. The summed E-state index contributed by atoms with van der Waals surface area (Å²) in [6.07, 6.45) is 4.56. The Morgan fingerprint density at radius 3 is 2.85 bits per heavy atom. The van der Waals surface area contributed by atoms with Crippen molar-refractivity contribution in [3.8, 4) is 0 Å². The highest BCUT2D eigenvalue weighted by molar-refractivity contribution is 5.97. The average molecular weight is 273 g/mol. The molecule has 0 aliphatic heterocycles. The first-order chi connectivity index (χ1) is 9.66. The highest BCUT2D eigenvalue weighted by Gasteiger charge is 2.16. The largest absolute Gasteiger partial charge is 0.467 e. The molecule has 2 aromatic rings. The van der Waals surface area contributed by atoms with Gasteiger partial charge in [-0.3, -0.25) is 14.6 Å². The smallest absolute Gasteiger partial charge is 0.253 e. The molecular formula is C14H15N3O3. The van der Waals surface area contributed by atoms with Crippen LogP contribution in [0.15, 0.2) is 47.3 Å². The van der Waals surface area contributed by atoms with Gasteiger partial charge < -0.3 is 15.1 Å². The fourth-order valence-electron chi connectivity index (χ4n) is 1.58.